The Hall–Kier alpha value is -1.95. The third-order valence-electron chi connectivity index (χ3n) is 4.79. The van der Waals surface area contributed by atoms with E-state index in [1.807, 2.05) is 15.9 Å². The van der Waals surface area contributed by atoms with Gasteiger partial charge in [-0.05, 0) is 25.5 Å². The van der Waals surface area contributed by atoms with E-state index in [2.05, 4.69) is 5.32 Å². The summed E-state index contributed by atoms with van der Waals surface area (Å²) >= 11 is 0. The molecule has 0 radical (unpaired) electrons. The highest BCUT2D eigenvalue weighted by Crippen LogP contribution is 2.22. The van der Waals surface area contributed by atoms with E-state index in [0.29, 0.717) is 44.8 Å². The van der Waals surface area contributed by atoms with Crippen LogP contribution in [0, 0.1) is 11.7 Å². The van der Waals surface area contributed by atoms with E-state index in [4.69, 9.17) is 0 Å². The van der Waals surface area contributed by atoms with E-state index < -0.39 is 0 Å². The first-order valence-corrected chi connectivity index (χ1v) is 8.08. The number of benzene rings is 1. The molecule has 2 fully saturated rings. The molecule has 23 heavy (non-hydrogen) atoms. The SMILES string of the molecule is CC(=O)C1CNC(C(=O)N2CCN(c3ccccc3F)CC2)C1. The van der Waals surface area contributed by atoms with Crippen molar-refractivity contribution in [2.75, 3.05) is 37.6 Å². The number of anilines is 1. The van der Waals surface area contributed by atoms with Gasteiger partial charge >= 0.3 is 0 Å². The maximum absolute atomic E-state index is 13.8. The minimum Gasteiger partial charge on any atom is -0.366 e. The quantitative estimate of drug-likeness (QED) is 0.904. The Morgan fingerprint density at radius 1 is 1.17 bits per heavy atom. The van der Waals surface area contributed by atoms with Gasteiger partial charge < -0.3 is 15.1 Å². The maximum Gasteiger partial charge on any atom is 0.239 e. The predicted octanol–water partition coefficient (Wildman–Crippen LogP) is 1.04. The van der Waals surface area contributed by atoms with Gasteiger partial charge in [0.25, 0.3) is 0 Å². The van der Waals surface area contributed by atoms with E-state index in [0.717, 1.165) is 0 Å². The lowest BCUT2D eigenvalue weighted by molar-refractivity contribution is -0.133. The van der Waals surface area contributed by atoms with Gasteiger partial charge in [-0.2, -0.15) is 0 Å². The number of piperazine rings is 1. The molecule has 1 aromatic rings. The third-order valence-corrected chi connectivity index (χ3v) is 4.79. The molecule has 3 rings (SSSR count). The van der Waals surface area contributed by atoms with Crippen molar-refractivity contribution in [2.24, 2.45) is 5.92 Å². The summed E-state index contributed by atoms with van der Waals surface area (Å²) < 4.78 is 13.8. The second-order valence-electron chi connectivity index (χ2n) is 6.27. The Labute approximate surface area is 135 Å². The summed E-state index contributed by atoms with van der Waals surface area (Å²) in [5.74, 6) is -0.0863. The van der Waals surface area contributed by atoms with Crippen molar-refractivity contribution in [1.29, 1.82) is 0 Å². The normalized spacial score (nSPS) is 24.8. The van der Waals surface area contributed by atoms with E-state index in [1.54, 1.807) is 19.1 Å². The summed E-state index contributed by atoms with van der Waals surface area (Å²) in [5, 5.41) is 3.15. The van der Waals surface area contributed by atoms with Crippen LogP contribution in [0.3, 0.4) is 0 Å². The lowest BCUT2D eigenvalue weighted by Crippen LogP contribution is -2.53. The molecule has 2 saturated heterocycles. The second kappa shape index (κ2) is 6.66. The molecule has 2 heterocycles. The molecule has 2 aliphatic heterocycles. The molecule has 5 nitrogen and oxygen atoms in total. The lowest BCUT2D eigenvalue weighted by atomic mass is 10.0. The summed E-state index contributed by atoms with van der Waals surface area (Å²) in [6.07, 6.45) is 0.585. The van der Waals surface area contributed by atoms with Gasteiger partial charge in [0.15, 0.2) is 0 Å². The number of hydrogen-bond donors (Lipinski definition) is 1. The van der Waals surface area contributed by atoms with Crippen molar-refractivity contribution in [3.63, 3.8) is 0 Å². The number of nitrogens with one attached hydrogen (secondary N) is 1. The van der Waals surface area contributed by atoms with Crippen LogP contribution in [0.1, 0.15) is 13.3 Å². The van der Waals surface area contributed by atoms with Gasteiger partial charge in [0.2, 0.25) is 5.91 Å². The van der Waals surface area contributed by atoms with E-state index >= 15 is 0 Å². The van der Waals surface area contributed by atoms with Crippen LogP contribution in [0.25, 0.3) is 0 Å². The van der Waals surface area contributed by atoms with Crippen molar-refractivity contribution in [1.82, 2.24) is 10.2 Å². The van der Waals surface area contributed by atoms with Crippen LogP contribution < -0.4 is 10.2 Å². The number of amides is 1. The summed E-state index contributed by atoms with van der Waals surface area (Å²) in [6, 6.07) is 6.46. The van der Waals surface area contributed by atoms with Gasteiger partial charge in [0.1, 0.15) is 11.6 Å². The first-order chi connectivity index (χ1) is 11.1. The van der Waals surface area contributed by atoms with Crippen molar-refractivity contribution < 1.29 is 14.0 Å². The second-order valence-corrected chi connectivity index (χ2v) is 6.27. The maximum atomic E-state index is 13.8. The smallest absolute Gasteiger partial charge is 0.239 e. The molecule has 1 N–H and O–H groups in total. The molecule has 1 aromatic carbocycles. The zero-order valence-electron chi connectivity index (χ0n) is 13.3. The zero-order valence-corrected chi connectivity index (χ0v) is 13.3. The van der Waals surface area contributed by atoms with Gasteiger partial charge in [-0.15, -0.1) is 0 Å². The first-order valence-electron chi connectivity index (χ1n) is 8.08. The highest BCUT2D eigenvalue weighted by molar-refractivity contribution is 5.85. The topological polar surface area (TPSA) is 52.7 Å². The number of nitrogens with zero attached hydrogens (tertiary/aromatic N) is 2. The monoisotopic (exact) mass is 319 g/mol. The van der Waals surface area contributed by atoms with Crippen LogP contribution in [0.4, 0.5) is 10.1 Å². The molecule has 2 aliphatic rings. The number of hydrogen-bond acceptors (Lipinski definition) is 4. The fourth-order valence-electron chi connectivity index (χ4n) is 3.33. The first kappa shape index (κ1) is 15.9. The van der Waals surface area contributed by atoms with Crippen molar-refractivity contribution in [2.45, 2.75) is 19.4 Å². The molecule has 0 spiro atoms. The number of halogens is 1. The van der Waals surface area contributed by atoms with Gasteiger partial charge in [0, 0.05) is 38.6 Å². The average Bonchev–Trinajstić information content (AvgIpc) is 3.05. The molecular formula is C17H22FN3O2. The number of ketones is 1. The van der Waals surface area contributed by atoms with Crippen LogP contribution in [0.5, 0.6) is 0 Å². The number of carbonyl (C=O) groups excluding carboxylic acids is 2. The van der Waals surface area contributed by atoms with Crippen LogP contribution in [0.2, 0.25) is 0 Å². The molecule has 0 aromatic heterocycles. The van der Waals surface area contributed by atoms with Crippen LogP contribution in [-0.4, -0.2) is 55.4 Å². The average molecular weight is 319 g/mol. The number of rotatable bonds is 3. The highest BCUT2D eigenvalue weighted by Gasteiger charge is 2.35. The Balaban J connectivity index is 1.56. The molecule has 124 valence electrons. The summed E-state index contributed by atoms with van der Waals surface area (Å²) in [5.41, 5.74) is 0.593. The van der Waals surface area contributed by atoms with Crippen LogP contribution >= 0.6 is 0 Å². The minimum absolute atomic E-state index is 0.0522. The van der Waals surface area contributed by atoms with Crippen molar-refractivity contribution >= 4 is 17.4 Å². The molecule has 0 saturated carbocycles. The minimum atomic E-state index is -0.260. The van der Waals surface area contributed by atoms with Gasteiger partial charge in [0.05, 0.1) is 11.7 Å². The molecule has 1 amide bonds. The standard InChI is InChI=1S/C17H22FN3O2/c1-12(22)13-10-15(19-11-13)17(23)21-8-6-20(7-9-21)16-5-3-2-4-14(16)18/h2-5,13,15,19H,6-11H2,1H3. The van der Waals surface area contributed by atoms with E-state index in [-0.39, 0.29) is 29.5 Å². The molecule has 0 bridgehead atoms. The van der Waals surface area contributed by atoms with E-state index in [9.17, 15) is 14.0 Å². The van der Waals surface area contributed by atoms with E-state index in [1.165, 1.54) is 6.07 Å². The fraction of sp³-hybridized carbons (Fsp3) is 0.529. The van der Waals surface area contributed by atoms with Gasteiger partial charge in [-0.3, -0.25) is 9.59 Å². The van der Waals surface area contributed by atoms with Gasteiger partial charge in [-0.1, -0.05) is 12.1 Å². The molecule has 2 unspecified atom stereocenters. The Morgan fingerprint density at radius 3 is 2.48 bits per heavy atom. The predicted molar refractivity (Wildman–Crippen MR) is 85.8 cm³/mol. The number of carbonyl (C=O) groups is 2. The third kappa shape index (κ3) is 3.37. The lowest BCUT2D eigenvalue weighted by Gasteiger charge is -2.37. The summed E-state index contributed by atoms with van der Waals surface area (Å²) in [4.78, 5) is 27.7. The largest absolute Gasteiger partial charge is 0.366 e. The summed E-state index contributed by atoms with van der Waals surface area (Å²) in [7, 11) is 0. The van der Waals surface area contributed by atoms with Crippen LogP contribution in [0.15, 0.2) is 24.3 Å². The number of Topliss-reactive ketones (excluding diaryl/α,β-unsaturated/α-hetero) is 1. The zero-order chi connectivity index (χ0) is 16.4. The summed E-state index contributed by atoms with van der Waals surface area (Å²) in [6.45, 7) is 4.56. The van der Waals surface area contributed by atoms with Crippen molar-refractivity contribution in [3.8, 4) is 0 Å². The Kier molecular flexibility index (Phi) is 4.61. The fourth-order valence-corrected chi connectivity index (χ4v) is 3.33. The Morgan fingerprint density at radius 2 is 1.87 bits per heavy atom. The molecule has 0 aliphatic carbocycles. The molecular weight excluding hydrogens is 297 g/mol. The Bertz CT molecular complexity index is 599. The highest BCUT2D eigenvalue weighted by atomic mass is 19.1. The van der Waals surface area contributed by atoms with Crippen LogP contribution in [-0.2, 0) is 9.59 Å². The molecule has 6 heteroatoms. The van der Waals surface area contributed by atoms with Crippen molar-refractivity contribution in [3.05, 3.63) is 30.1 Å². The number of para-hydroxylation sites is 1. The molecule has 2 atom stereocenters. The van der Waals surface area contributed by atoms with Gasteiger partial charge in [-0.25, -0.2) is 4.39 Å².